The van der Waals surface area contributed by atoms with E-state index in [1.165, 1.54) is 5.57 Å². The lowest BCUT2D eigenvalue weighted by atomic mass is 9.80. The second kappa shape index (κ2) is 11.0. The zero-order chi connectivity index (χ0) is 23.4. The molecule has 0 aromatic carbocycles. The number of aliphatic hydroxyl groups is 1. The highest BCUT2D eigenvalue weighted by atomic mass is 127. The Hall–Kier alpha value is 0.00688. The van der Waals surface area contributed by atoms with Crippen molar-refractivity contribution in [3.05, 3.63) is 34.0 Å². The van der Waals surface area contributed by atoms with Gasteiger partial charge in [0, 0.05) is 24.9 Å². The molecule has 0 saturated carbocycles. The van der Waals surface area contributed by atoms with E-state index in [1.54, 1.807) is 0 Å². The lowest BCUT2D eigenvalue weighted by Gasteiger charge is -2.51. The summed E-state index contributed by atoms with van der Waals surface area (Å²) in [7, 11) is -1.83. The van der Waals surface area contributed by atoms with Crippen molar-refractivity contribution in [2.45, 2.75) is 103 Å². The van der Waals surface area contributed by atoms with Gasteiger partial charge in [0.15, 0.2) is 14.1 Å². The predicted octanol–water partition coefficient (Wildman–Crippen LogP) is 6.76. The molecule has 0 aromatic rings. The first-order valence-corrected chi connectivity index (χ1v) is 15.7. The van der Waals surface area contributed by atoms with Crippen molar-refractivity contribution in [2.75, 3.05) is 6.61 Å². The van der Waals surface area contributed by atoms with E-state index in [1.807, 2.05) is 6.92 Å². The summed E-state index contributed by atoms with van der Waals surface area (Å²) >= 11 is 2.31. The number of hydrogen-bond donors (Lipinski definition) is 1. The predicted molar refractivity (Wildman–Crippen MR) is 140 cm³/mol. The lowest BCUT2D eigenvalue weighted by Crippen LogP contribution is -2.57. The van der Waals surface area contributed by atoms with E-state index in [0.717, 1.165) is 19.3 Å². The van der Waals surface area contributed by atoms with Gasteiger partial charge in [0.25, 0.3) is 0 Å². The topological polar surface area (TPSA) is 47.9 Å². The van der Waals surface area contributed by atoms with Crippen LogP contribution in [0.25, 0.3) is 0 Å². The number of hydrogen-bond acceptors (Lipinski definition) is 4. The van der Waals surface area contributed by atoms with Crippen molar-refractivity contribution in [1.29, 1.82) is 0 Å². The summed E-state index contributed by atoms with van der Waals surface area (Å²) < 4.78 is 21.3. The van der Waals surface area contributed by atoms with Gasteiger partial charge in [-0.25, -0.2) is 0 Å². The second-order valence-electron chi connectivity index (χ2n) is 10.9. The molecule has 31 heavy (non-hydrogen) atoms. The molecule has 0 radical (unpaired) electrons. The first-order chi connectivity index (χ1) is 14.3. The number of ether oxygens (including phenoxy) is 2. The zero-order valence-electron chi connectivity index (χ0n) is 20.7. The fourth-order valence-electron chi connectivity index (χ4n) is 4.05. The maximum atomic E-state index is 9.72. The molecule has 178 valence electrons. The Morgan fingerprint density at radius 2 is 1.97 bits per heavy atom. The van der Waals surface area contributed by atoms with Crippen LogP contribution < -0.4 is 0 Å². The van der Waals surface area contributed by atoms with Crippen LogP contribution in [0.1, 0.15) is 60.8 Å². The highest BCUT2D eigenvalue weighted by Gasteiger charge is 2.49. The molecule has 4 nitrogen and oxygen atoms in total. The Bertz CT molecular complexity index is 681. The van der Waals surface area contributed by atoms with Gasteiger partial charge in [-0.05, 0) is 54.5 Å². The molecule has 2 aliphatic rings. The summed E-state index contributed by atoms with van der Waals surface area (Å²) in [4.78, 5) is 0. The van der Waals surface area contributed by atoms with E-state index in [9.17, 15) is 5.11 Å². The Morgan fingerprint density at radius 3 is 2.55 bits per heavy atom. The first-order valence-electron chi connectivity index (χ1n) is 11.6. The molecule has 1 unspecified atom stereocenters. The van der Waals surface area contributed by atoms with E-state index in [-0.39, 0.29) is 41.8 Å². The number of rotatable bonds is 8. The number of fused-ring (bicyclic) bond motifs is 2. The molecular weight excluding hydrogens is 519 g/mol. The van der Waals surface area contributed by atoms with Crippen LogP contribution in [0.15, 0.2) is 34.0 Å². The molecule has 0 spiro atoms. The van der Waals surface area contributed by atoms with E-state index >= 15 is 0 Å². The first kappa shape index (κ1) is 27.3. The molecular formula is C25H43IO4Si. The largest absolute Gasteiger partial charge is 0.410 e. The van der Waals surface area contributed by atoms with Crippen LogP contribution in [0.2, 0.25) is 18.1 Å². The van der Waals surface area contributed by atoms with Gasteiger partial charge in [-0.2, -0.15) is 0 Å². The molecule has 0 aliphatic carbocycles. The summed E-state index contributed by atoms with van der Waals surface area (Å²) in [6.07, 6.45) is 11.3. The van der Waals surface area contributed by atoms with Crippen LogP contribution in [0.5, 0.6) is 0 Å². The summed E-state index contributed by atoms with van der Waals surface area (Å²) in [5.74, 6) is -0.116. The van der Waals surface area contributed by atoms with Crippen LogP contribution in [-0.2, 0) is 13.9 Å². The normalized spacial score (nSPS) is 33.9. The van der Waals surface area contributed by atoms with E-state index < -0.39 is 14.1 Å². The number of allylic oxidation sites excluding steroid dienone is 2. The summed E-state index contributed by atoms with van der Waals surface area (Å²) in [5, 5.41) is 9.91. The second-order valence-corrected chi connectivity index (χ2v) is 16.3. The molecule has 2 fully saturated rings. The van der Waals surface area contributed by atoms with Crippen LogP contribution >= 0.6 is 22.6 Å². The Balaban J connectivity index is 2.01. The summed E-state index contributed by atoms with van der Waals surface area (Å²) in [6, 6.07) is 0. The van der Waals surface area contributed by atoms with E-state index in [2.05, 4.69) is 98.7 Å². The molecule has 0 amide bonds. The Labute approximate surface area is 204 Å². The quantitative estimate of drug-likeness (QED) is 0.202. The highest BCUT2D eigenvalue weighted by molar-refractivity contribution is 14.1. The van der Waals surface area contributed by atoms with Crippen molar-refractivity contribution in [1.82, 2.24) is 0 Å². The summed E-state index contributed by atoms with van der Waals surface area (Å²) in [6.45, 7) is 18.0. The lowest BCUT2D eigenvalue weighted by molar-refractivity contribution is -0.349. The molecule has 1 N–H and O–H groups in total. The van der Waals surface area contributed by atoms with Crippen molar-refractivity contribution in [3.63, 3.8) is 0 Å². The SMILES string of the molecule is C/C(=C\I)[C@H](C/C=C/C=C/[C@@H]1OC2(C)CC[C@@H](CO)[C@@H](O2)[C@H]1C)O[Si](C)(C)C(C)(C)C. The maximum Gasteiger partial charge on any atom is 0.192 e. The van der Waals surface area contributed by atoms with Gasteiger partial charge in [-0.1, -0.05) is 74.6 Å². The van der Waals surface area contributed by atoms with Gasteiger partial charge in [-0.3, -0.25) is 0 Å². The van der Waals surface area contributed by atoms with Crippen LogP contribution in [0.4, 0.5) is 0 Å². The molecule has 6 atom stereocenters. The minimum absolute atomic E-state index is 0.00185. The van der Waals surface area contributed by atoms with Gasteiger partial charge in [0.05, 0.1) is 18.3 Å². The molecule has 2 heterocycles. The third-order valence-corrected chi connectivity index (χ3v) is 12.8. The average Bonchev–Trinajstić information content (AvgIpc) is 2.68. The summed E-state index contributed by atoms with van der Waals surface area (Å²) in [5.41, 5.74) is 1.27. The molecule has 2 aliphatic heterocycles. The Kier molecular flexibility index (Phi) is 9.63. The van der Waals surface area contributed by atoms with Crippen molar-refractivity contribution in [3.8, 4) is 0 Å². The smallest absolute Gasteiger partial charge is 0.192 e. The standard InChI is InChI=1S/C25H43IO4Si/c1-18(16-26)21(30-31(7,8)24(3,4)5)12-10-9-11-13-22-19(2)23-20(17-27)14-15-25(6,28-22)29-23/h9-11,13,16,19-23,27H,12,14-15,17H2,1-8H3/b10-9+,13-11+,18-16+/t19-,20-,21-,22-,23-,25?/m0/s1. The fraction of sp³-hybridized carbons (Fsp3) is 0.760. The third kappa shape index (κ3) is 7.00. The molecule has 2 rings (SSSR count). The van der Waals surface area contributed by atoms with E-state index in [0.29, 0.717) is 0 Å². The minimum atomic E-state index is -1.83. The fourth-order valence-corrected chi connectivity index (χ4v) is 5.80. The van der Waals surface area contributed by atoms with Crippen molar-refractivity contribution in [2.24, 2.45) is 11.8 Å². The Morgan fingerprint density at radius 1 is 1.29 bits per heavy atom. The minimum Gasteiger partial charge on any atom is -0.410 e. The molecule has 6 heteroatoms. The van der Waals surface area contributed by atoms with Crippen molar-refractivity contribution < 1.29 is 19.0 Å². The number of aliphatic hydroxyl groups excluding tert-OH is 1. The number of halogens is 1. The van der Waals surface area contributed by atoms with Gasteiger partial charge in [0.1, 0.15) is 0 Å². The molecule has 2 bridgehead atoms. The van der Waals surface area contributed by atoms with Crippen molar-refractivity contribution >= 4 is 30.9 Å². The van der Waals surface area contributed by atoms with Crippen LogP contribution in [-0.4, -0.2) is 44.1 Å². The van der Waals surface area contributed by atoms with Crippen LogP contribution in [0, 0.1) is 11.8 Å². The zero-order valence-corrected chi connectivity index (χ0v) is 23.8. The van der Waals surface area contributed by atoms with Gasteiger partial charge in [0.2, 0.25) is 0 Å². The monoisotopic (exact) mass is 562 g/mol. The van der Waals surface area contributed by atoms with Gasteiger partial charge < -0.3 is 19.0 Å². The maximum absolute atomic E-state index is 9.72. The van der Waals surface area contributed by atoms with Gasteiger partial charge in [-0.15, -0.1) is 0 Å². The van der Waals surface area contributed by atoms with Crippen LogP contribution in [0.3, 0.4) is 0 Å². The molecule has 0 aromatic heterocycles. The highest BCUT2D eigenvalue weighted by Crippen LogP contribution is 2.43. The molecule has 2 saturated heterocycles. The van der Waals surface area contributed by atoms with E-state index in [4.69, 9.17) is 13.9 Å². The average molecular weight is 563 g/mol. The third-order valence-electron chi connectivity index (χ3n) is 7.30. The van der Waals surface area contributed by atoms with Gasteiger partial charge >= 0.3 is 0 Å².